The fourth-order valence-electron chi connectivity index (χ4n) is 4.29. The predicted molar refractivity (Wildman–Crippen MR) is 93.8 cm³/mol. The van der Waals surface area contributed by atoms with Crippen LogP contribution in [-0.4, -0.2) is 75.4 Å². The van der Waals surface area contributed by atoms with Crippen molar-refractivity contribution in [2.45, 2.75) is 38.2 Å². The molecule has 2 atom stereocenters. The second-order valence-electron chi connectivity index (χ2n) is 7.87. The lowest BCUT2D eigenvalue weighted by Crippen LogP contribution is -2.58. The Morgan fingerprint density at radius 1 is 1.38 bits per heavy atom. The molecule has 24 heavy (non-hydrogen) atoms. The summed E-state index contributed by atoms with van der Waals surface area (Å²) in [5.41, 5.74) is -0.00942. The third kappa shape index (κ3) is 4.01. The molecular formula is C19H32N2O3. The monoisotopic (exact) mass is 336 g/mol. The number of hydrogen-bond acceptors (Lipinski definition) is 4. The standard InChI is InChI=1S/C19H32N2O3/c1-20(2)11-13-23-15-19-9-5-12-24-17(19)8-10-21(14-19)18(22)16-6-3-4-7-16/h3-4,16-17H,5-15H2,1-2H3/t17-,19-/m0/s1. The Kier molecular flexibility index (Phi) is 5.95. The van der Waals surface area contributed by atoms with Gasteiger partial charge in [-0.3, -0.25) is 4.79 Å². The van der Waals surface area contributed by atoms with Gasteiger partial charge in [0.05, 0.1) is 19.3 Å². The van der Waals surface area contributed by atoms with Gasteiger partial charge in [-0.2, -0.15) is 0 Å². The normalized spacial score (nSPS) is 30.8. The van der Waals surface area contributed by atoms with Crippen LogP contribution >= 0.6 is 0 Å². The topological polar surface area (TPSA) is 42.0 Å². The minimum atomic E-state index is -0.00942. The highest BCUT2D eigenvalue weighted by molar-refractivity contribution is 5.79. The Bertz CT molecular complexity index is 458. The highest BCUT2D eigenvalue weighted by atomic mass is 16.5. The summed E-state index contributed by atoms with van der Waals surface area (Å²) in [7, 11) is 4.12. The maximum absolute atomic E-state index is 12.8. The molecule has 0 aromatic carbocycles. The molecule has 0 radical (unpaired) electrons. The second-order valence-corrected chi connectivity index (χ2v) is 7.87. The lowest BCUT2D eigenvalue weighted by Gasteiger charge is -2.50. The Labute approximate surface area is 146 Å². The molecule has 136 valence electrons. The summed E-state index contributed by atoms with van der Waals surface area (Å²) in [6.45, 7) is 4.86. The van der Waals surface area contributed by atoms with E-state index in [0.29, 0.717) is 12.5 Å². The number of likely N-dealkylation sites (N-methyl/N-ethyl adjacent to an activating group) is 1. The van der Waals surface area contributed by atoms with Crippen LogP contribution in [0.25, 0.3) is 0 Å². The Morgan fingerprint density at radius 3 is 2.92 bits per heavy atom. The van der Waals surface area contributed by atoms with Crippen molar-refractivity contribution in [2.75, 3.05) is 53.6 Å². The fourth-order valence-corrected chi connectivity index (χ4v) is 4.29. The first-order valence-corrected chi connectivity index (χ1v) is 9.39. The number of rotatable bonds is 6. The molecule has 1 aliphatic carbocycles. The van der Waals surface area contributed by atoms with Crippen LogP contribution in [0, 0.1) is 11.3 Å². The van der Waals surface area contributed by atoms with E-state index in [4.69, 9.17) is 9.47 Å². The van der Waals surface area contributed by atoms with Crippen LogP contribution in [-0.2, 0) is 14.3 Å². The number of carbonyl (C=O) groups excluding carboxylic acids is 1. The van der Waals surface area contributed by atoms with Gasteiger partial charge in [0, 0.05) is 37.6 Å². The van der Waals surface area contributed by atoms with Crippen molar-refractivity contribution in [3.63, 3.8) is 0 Å². The number of allylic oxidation sites excluding steroid dienone is 2. The highest BCUT2D eigenvalue weighted by Gasteiger charge is 2.47. The highest BCUT2D eigenvalue weighted by Crippen LogP contribution is 2.41. The van der Waals surface area contributed by atoms with Crippen LogP contribution in [0.5, 0.6) is 0 Å². The van der Waals surface area contributed by atoms with Crippen LogP contribution in [0.3, 0.4) is 0 Å². The smallest absolute Gasteiger partial charge is 0.226 e. The van der Waals surface area contributed by atoms with Crippen LogP contribution in [0.4, 0.5) is 0 Å². The molecule has 0 spiro atoms. The summed E-state index contributed by atoms with van der Waals surface area (Å²) >= 11 is 0. The van der Waals surface area contributed by atoms with Crippen molar-refractivity contribution in [2.24, 2.45) is 11.3 Å². The van der Waals surface area contributed by atoms with E-state index >= 15 is 0 Å². The van der Waals surface area contributed by atoms with Crippen LogP contribution in [0.1, 0.15) is 32.1 Å². The first kappa shape index (κ1) is 17.9. The molecule has 0 unspecified atom stereocenters. The minimum absolute atomic E-state index is 0.00942. The number of ether oxygens (including phenoxy) is 2. The van der Waals surface area contributed by atoms with E-state index in [0.717, 1.165) is 65.0 Å². The Morgan fingerprint density at radius 2 is 2.17 bits per heavy atom. The number of amides is 1. The maximum atomic E-state index is 12.8. The molecule has 0 saturated carbocycles. The van der Waals surface area contributed by atoms with Gasteiger partial charge in [-0.1, -0.05) is 12.2 Å². The number of hydrogen-bond donors (Lipinski definition) is 0. The first-order chi connectivity index (χ1) is 11.6. The van der Waals surface area contributed by atoms with E-state index in [2.05, 4.69) is 36.0 Å². The van der Waals surface area contributed by atoms with Gasteiger partial charge < -0.3 is 19.3 Å². The molecule has 1 amide bonds. The summed E-state index contributed by atoms with van der Waals surface area (Å²) in [6, 6.07) is 0. The molecule has 3 rings (SSSR count). The van der Waals surface area contributed by atoms with Crippen LogP contribution in [0.15, 0.2) is 12.2 Å². The van der Waals surface area contributed by atoms with E-state index in [1.165, 1.54) is 0 Å². The lowest BCUT2D eigenvalue weighted by molar-refractivity contribution is -0.167. The quantitative estimate of drug-likeness (QED) is 0.549. The maximum Gasteiger partial charge on any atom is 0.226 e. The molecule has 2 fully saturated rings. The van der Waals surface area contributed by atoms with Gasteiger partial charge in [0.2, 0.25) is 5.91 Å². The molecular weight excluding hydrogens is 304 g/mol. The molecule has 2 heterocycles. The van der Waals surface area contributed by atoms with Crippen LogP contribution < -0.4 is 0 Å². The average Bonchev–Trinajstić information content (AvgIpc) is 3.12. The minimum Gasteiger partial charge on any atom is -0.379 e. The molecule has 0 aromatic heterocycles. The number of fused-ring (bicyclic) bond motifs is 1. The number of carbonyl (C=O) groups is 1. The number of piperidine rings is 1. The van der Waals surface area contributed by atoms with Crippen LogP contribution in [0.2, 0.25) is 0 Å². The molecule has 0 aromatic rings. The molecule has 5 nitrogen and oxygen atoms in total. The van der Waals surface area contributed by atoms with Crippen molar-refractivity contribution < 1.29 is 14.3 Å². The number of nitrogens with zero attached hydrogens (tertiary/aromatic N) is 2. The second kappa shape index (κ2) is 7.98. The van der Waals surface area contributed by atoms with Crippen molar-refractivity contribution in [1.29, 1.82) is 0 Å². The third-order valence-corrected chi connectivity index (χ3v) is 5.73. The van der Waals surface area contributed by atoms with E-state index in [1.54, 1.807) is 0 Å². The molecule has 2 saturated heterocycles. The third-order valence-electron chi connectivity index (χ3n) is 5.73. The van der Waals surface area contributed by atoms with Crippen molar-refractivity contribution in [3.05, 3.63) is 12.2 Å². The molecule has 5 heteroatoms. The van der Waals surface area contributed by atoms with Gasteiger partial charge >= 0.3 is 0 Å². The molecule has 0 N–H and O–H groups in total. The Hall–Kier alpha value is -0.910. The van der Waals surface area contributed by atoms with Crippen molar-refractivity contribution in [1.82, 2.24) is 9.80 Å². The van der Waals surface area contributed by atoms with Gasteiger partial charge in [-0.25, -0.2) is 0 Å². The van der Waals surface area contributed by atoms with Crippen molar-refractivity contribution >= 4 is 5.91 Å². The molecule has 0 bridgehead atoms. The van der Waals surface area contributed by atoms with Gasteiger partial charge in [0.25, 0.3) is 0 Å². The average molecular weight is 336 g/mol. The van der Waals surface area contributed by atoms with E-state index in [1.807, 2.05) is 0 Å². The first-order valence-electron chi connectivity index (χ1n) is 9.39. The Balaban J connectivity index is 1.61. The van der Waals surface area contributed by atoms with E-state index < -0.39 is 0 Å². The SMILES string of the molecule is CN(C)CCOC[C@@]12CCCO[C@H]1CCN(C(=O)C1CC=CC1)C2. The lowest BCUT2D eigenvalue weighted by atomic mass is 9.72. The summed E-state index contributed by atoms with van der Waals surface area (Å²) < 4.78 is 12.1. The van der Waals surface area contributed by atoms with Gasteiger partial charge in [-0.05, 0) is 46.2 Å². The predicted octanol–water partition coefficient (Wildman–Crippen LogP) is 1.93. The zero-order valence-electron chi connectivity index (χ0n) is 15.2. The van der Waals surface area contributed by atoms with Crippen molar-refractivity contribution in [3.8, 4) is 0 Å². The summed E-state index contributed by atoms with van der Waals surface area (Å²) in [6.07, 6.45) is 9.45. The van der Waals surface area contributed by atoms with Gasteiger partial charge in [-0.15, -0.1) is 0 Å². The number of likely N-dealkylation sites (tertiary alicyclic amines) is 1. The van der Waals surface area contributed by atoms with Gasteiger partial charge in [0.15, 0.2) is 0 Å². The van der Waals surface area contributed by atoms with Gasteiger partial charge in [0.1, 0.15) is 0 Å². The molecule has 3 aliphatic rings. The zero-order valence-corrected chi connectivity index (χ0v) is 15.2. The van der Waals surface area contributed by atoms with E-state index in [-0.39, 0.29) is 17.4 Å². The fraction of sp³-hybridized carbons (Fsp3) is 0.842. The van der Waals surface area contributed by atoms with E-state index in [9.17, 15) is 4.79 Å². The largest absolute Gasteiger partial charge is 0.379 e. The summed E-state index contributed by atoms with van der Waals surface area (Å²) in [4.78, 5) is 17.1. The zero-order chi connectivity index (χ0) is 17.0. The summed E-state index contributed by atoms with van der Waals surface area (Å²) in [5, 5.41) is 0. The summed E-state index contributed by atoms with van der Waals surface area (Å²) in [5.74, 6) is 0.495. The molecule has 2 aliphatic heterocycles.